The first-order chi connectivity index (χ1) is 18.7. The highest BCUT2D eigenvalue weighted by atomic mass is 35.5. The highest BCUT2D eigenvalue weighted by Gasteiger charge is 2.33. The fourth-order valence-electron chi connectivity index (χ4n) is 4.04. The molecular formula is C30H35Cl2N3O4S. The number of hydrogen-bond donors (Lipinski definition) is 1. The monoisotopic (exact) mass is 603 g/mol. The molecule has 0 fully saturated rings. The molecule has 0 spiro atoms. The average molecular weight is 605 g/mol. The maximum Gasteiger partial charge on any atom is 0.264 e. The summed E-state index contributed by atoms with van der Waals surface area (Å²) < 4.78 is 28.7. The van der Waals surface area contributed by atoms with Gasteiger partial charge in [-0.05, 0) is 81.6 Å². The van der Waals surface area contributed by atoms with Gasteiger partial charge in [-0.2, -0.15) is 0 Å². The van der Waals surface area contributed by atoms with Gasteiger partial charge in [0, 0.05) is 22.1 Å². The van der Waals surface area contributed by atoms with Crippen LogP contribution in [0.4, 0.5) is 5.69 Å². The molecule has 0 bridgehead atoms. The number of carbonyl (C=O) groups excluding carboxylic acids is 2. The van der Waals surface area contributed by atoms with Crippen LogP contribution in [0.5, 0.6) is 0 Å². The standard InChI is InChI=1S/C30H35Cl2N3O4S/c1-6-22-12-16-25(17-13-22)35(40(38,39)26-10-8-7-9-11-26)20-28(36)34(21(2)29(37)33-30(3,4)5)19-23-14-15-24(31)18-27(23)32/h7-18,21H,6,19-20H2,1-5H3,(H,33,37)/t21-/m0/s1. The number of amides is 2. The summed E-state index contributed by atoms with van der Waals surface area (Å²) in [7, 11) is -4.12. The summed E-state index contributed by atoms with van der Waals surface area (Å²) in [6.07, 6.45) is 0.778. The van der Waals surface area contributed by atoms with E-state index in [2.05, 4.69) is 5.32 Å². The van der Waals surface area contributed by atoms with E-state index in [1.807, 2.05) is 39.8 Å². The number of halogens is 2. The van der Waals surface area contributed by atoms with Gasteiger partial charge in [0.05, 0.1) is 10.6 Å². The van der Waals surface area contributed by atoms with Crippen molar-refractivity contribution in [2.24, 2.45) is 0 Å². The SMILES string of the molecule is CCc1ccc(N(CC(=O)N(Cc2ccc(Cl)cc2Cl)[C@@H](C)C(=O)NC(C)(C)C)S(=O)(=O)c2ccccc2)cc1. The summed E-state index contributed by atoms with van der Waals surface area (Å²) in [6.45, 7) is 8.58. The predicted octanol–water partition coefficient (Wildman–Crippen LogP) is 6.08. The molecule has 7 nitrogen and oxygen atoms in total. The molecule has 3 rings (SSSR count). The molecule has 3 aromatic rings. The Morgan fingerprint density at radius 1 is 0.950 bits per heavy atom. The van der Waals surface area contributed by atoms with Crippen LogP contribution in [-0.4, -0.2) is 43.3 Å². The molecule has 0 radical (unpaired) electrons. The highest BCUT2D eigenvalue weighted by Crippen LogP contribution is 2.27. The third-order valence-corrected chi connectivity index (χ3v) is 8.64. The van der Waals surface area contributed by atoms with Crippen LogP contribution >= 0.6 is 23.2 Å². The zero-order valence-corrected chi connectivity index (χ0v) is 25.6. The first kappa shape index (κ1) is 31.5. The van der Waals surface area contributed by atoms with Gasteiger partial charge >= 0.3 is 0 Å². The van der Waals surface area contributed by atoms with E-state index in [0.717, 1.165) is 16.3 Å². The molecular weight excluding hydrogens is 569 g/mol. The van der Waals surface area contributed by atoms with Crippen LogP contribution in [0.25, 0.3) is 0 Å². The van der Waals surface area contributed by atoms with Gasteiger partial charge in [0.15, 0.2) is 0 Å². The molecule has 2 amide bonds. The minimum absolute atomic E-state index is 0.0262. The molecule has 0 aliphatic heterocycles. The molecule has 0 aromatic heterocycles. The van der Waals surface area contributed by atoms with Crippen LogP contribution in [-0.2, 0) is 32.6 Å². The Bertz CT molecular complexity index is 1440. The molecule has 1 N–H and O–H groups in total. The largest absolute Gasteiger partial charge is 0.350 e. The molecule has 0 saturated heterocycles. The lowest BCUT2D eigenvalue weighted by molar-refractivity contribution is -0.140. The van der Waals surface area contributed by atoms with E-state index in [1.165, 1.54) is 17.0 Å². The van der Waals surface area contributed by atoms with Gasteiger partial charge in [-0.15, -0.1) is 0 Å². The number of benzene rings is 3. The first-order valence-electron chi connectivity index (χ1n) is 12.9. The third-order valence-electron chi connectivity index (χ3n) is 6.26. The number of hydrogen-bond acceptors (Lipinski definition) is 4. The van der Waals surface area contributed by atoms with Crippen LogP contribution < -0.4 is 9.62 Å². The summed E-state index contributed by atoms with van der Waals surface area (Å²) in [6, 6.07) is 18.9. The number of sulfonamides is 1. The number of aryl methyl sites for hydroxylation is 1. The lowest BCUT2D eigenvalue weighted by Gasteiger charge is -2.33. The first-order valence-corrected chi connectivity index (χ1v) is 15.1. The second-order valence-corrected chi connectivity index (χ2v) is 13.2. The van der Waals surface area contributed by atoms with Gasteiger partial charge in [-0.3, -0.25) is 13.9 Å². The number of rotatable bonds is 10. The van der Waals surface area contributed by atoms with Crippen LogP contribution in [0.1, 0.15) is 45.7 Å². The van der Waals surface area contributed by atoms with Gasteiger partial charge in [-0.1, -0.05) is 66.5 Å². The highest BCUT2D eigenvalue weighted by molar-refractivity contribution is 7.92. The second kappa shape index (κ2) is 13.1. The molecule has 10 heteroatoms. The summed E-state index contributed by atoms with van der Waals surface area (Å²) in [5.41, 5.74) is 1.39. The van der Waals surface area contributed by atoms with Crippen molar-refractivity contribution in [2.45, 2.75) is 64.1 Å². The molecule has 0 heterocycles. The fraction of sp³-hybridized carbons (Fsp3) is 0.333. The summed E-state index contributed by atoms with van der Waals surface area (Å²) in [5, 5.41) is 3.66. The Morgan fingerprint density at radius 3 is 2.12 bits per heavy atom. The van der Waals surface area contributed by atoms with Crippen LogP contribution in [0.2, 0.25) is 10.0 Å². The number of nitrogens with zero attached hydrogens (tertiary/aromatic N) is 2. The summed E-state index contributed by atoms with van der Waals surface area (Å²) in [5.74, 6) is -0.947. The van der Waals surface area contributed by atoms with Crippen molar-refractivity contribution >= 4 is 50.7 Å². The predicted molar refractivity (Wildman–Crippen MR) is 161 cm³/mol. The Hall–Kier alpha value is -3.07. The summed E-state index contributed by atoms with van der Waals surface area (Å²) >= 11 is 12.5. The van der Waals surface area contributed by atoms with Crippen LogP contribution in [0.15, 0.2) is 77.7 Å². The van der Waals surface area contributed by atoms with Gasteiger partial charge in [0.25, 0.3) is 10.0 Å². The van der Waals surface area contributed by atoms with Crippen molar-refractivity contribution in [2.75, 3.05) is 10.8 Å². The van der Waals surface area contributed by atoms with Crippen molar-refractivity contribution in [3.63, 3.8) is 0 Å². The van der Waals surface area contributed by atoms with Gasteiger partial charge < -0.3 is 10.2 Å². The molecule has 1 atom stereocenters. The molecule has 40 heavy (non-hydrogen) atoms. The van der Waals surface area contributed by atoms with E-state index < -0.39 is 34.1 Å². The van der Waals surface area contributed by atoms with Crippen molar-refractivity contribution < 1.29 is 18.0 Å². The number of nitrogens with one attached hydrogen (secondary N) is 1. The quantitative estimate of drug-likeness (QED) is 0.304. The molecule has 0 aliphatic rings. The molecule has 0 aliphatic carbocycles. The van der Waals surface area contributed by atoms with Gasteiger partial charge in [0.1, 0.15) is 12.6 Å². The number of anilines is 1. The fourth-order valence-corrected chi connectivity index (χ4v) is 5.94. The van der Waals surface area contributed by atoms with E-state index in [1.54, 1.807) is 55.5 Å². The maximum atomic E-state index is 14.0. The minimum atomic E-state index is -4.12. The van der Waals surface area contributed by atoms with Crippen LogP contribution in [0.3, 0.4) is 0 Å². The minimum Gasteiger partial charge on any atom is -0.350 e. The molecule has 0 unspecified atom stereocenters. The van der Waals surface area contributed by atoms with E-state index in [4.69, 9.17) is 23.2 Å². The van der Waals surface area contributed by atoms with Gasteiger partial charge in [0.2, 0.25) is 11.8 Å². The van der Waals surface area contributed by atoms with Crippen molar-refractivity contribution in [3.8, 4) is 0 Å². The topological polar surface area (TPSA) is 86.8 Å². The normalized spacial score (nSPS) is 12.5. The lowest BCUT2D eigenvalue weighted by atomic mass is 10.1. The average Bonchev–Trinajstić information content (AvgIpc) is 2.90. The van der Waals surface area contributed by atoms with E-state index >= 15 is 0 Å². The summed E-state index contributed by atoms with van der Waals surface area (Å²) in [4.78, 5) is 28.6. The Morgan fingerprint density at radius 2 is 1.57 bits per heavy atom. The van der Waals surface area contributed by atoms with E-state index in [9.17, 15) is 18.0 Å². The smallest absolute Gasteiger partial charge is 0.264 e. The number of carbonyl (C=O) groups is 2. The Balaban J connectivity index is 2.05. The maximum absolute atomic E-state index is 14.0. The Kier molecular flexibility index (Phi) is 10.3. The van der Waals surface area contributed by atoms with Crippen molar-refractivity contribution in [3.05, 3.63) is 94.0 Å². The molecule has 3 aromatic carbocycles. The Labute approximate surface area is 247 Å². The van der Waals surface area contributed by atoms with E-state index in [-0.39, 0.29) is 17.3 Å². The second-order valence-electron chi connectivity index (χ2n) is 10.5. The molecule has 0 saturated carbocycles. The van der Waals surface area contributed by atoms with Crippen molar-refractivity contribution in [1.82, 2.24) is 10.2 Å². The zero-order valence-electron chi connectivity index (χ0n) is 23.3. The van der Waals surface area contributed by atoms with E-state index in [0.29, 0.717) is 21.3 Å². The van der Waals surface area contributed by atoms with Crippen LogP contribution in [0, 0.1) is 0 Å². The van der Waals surface area contributed by atoms with Gasteiger partial charge in [-0.25, -0.2) is 8.42 Å². The van der Waals surface area contributed by atoms with Crippen molar-refractivity contribution in [1.29, 1.82) is 0 Å². The zero-order chi connectivity index (χ0) is 29.7. The molecule has 214 valence electrons. The lowest BCUT2D eigenvalue weighted by Crippen LogP contribution is -2.54. The third kappa shape index (κ3) is 7.99.